The SMILES string of the molecule is CC.CCCN1CCC(CCN2CCC(C)(CCN(C=O)C(C)C)CC2)CC1. The first kappa shape index (κ1) is 25.4. The maximum absolute atomic E-state index is 11.2. The minimum atomic E-state index is 0.319. The monoisotopic (exact) mass is 395 g/mol. The number of carbonyl (C=O) groups is 1. The van der Waals surface area contributed by atoms with Crippen molar-refractivity contribution in [2.24, 2.45) is 11.3 Å². The Balaban J connectivity index is 0.00000190. The van der Waals surface area contributed by atoms with Crippen LogP contribution in [0.2, 0.25) is 0 Å². The highest BCUT2D eigenvalue weighted by atomic mass is 16.1. The molecule has 0 aliphatic carbocycles. The zero-order valence-corrected chi connectivity index (χ0v) is 19.9. The molecular formula is C24H49N3O. The van der Waals surface area contributed by atoms with Crippen LogP contribution in [0.3, 0.4) is 0 Å². The highest BCUT2D eigenvalue weighted by molar-refractivity contribution is 5.47. The molecule has 2 fully saturated rings. The lowest BCUT2D eigenvalue weighted by atomic mass is 9.77. The predicted octanol–water partition coefficient (Wildman–Crippen LogP) is 4.88. The molecule has 0 radical (unpaired) electrons. The van der Waals surface area contributed by atoms with E-state index in [0.29, 0.717) is 11.5 Å². The zero-order valence-electron chi connectivity index (χ0n) is 19.9. The number of likely N-dealkylation sites (tertiary alicyclic amines) is 2. The van der Waals surface area contributed by atoms with Crippen LogP contribution < -0.4 is 0 Å². The molecule has 2 heterocycles. The van der Waals surface area contributed by atoms with Crippen LogP contribution in [0.1, 0.15) is 86.5 Å². The van der Waals surface area contributed by atoms with Crippen molar-refractivity contribution < 1.29 is 4.79 Å². The minimum Gasteiger partial charge on any atom is -0.343 e. The Morgan fingerprint density at radius 1 is 1.04 bits per heavy atom. The van der Waals surface area contributed by atoms with Gasteiger partial charge >= 0.3 is 0 Å². The lowest BCUT2D eigenvalue weighted by Crippen LogP contribution is -2.42. The summed E-state index contributed by atoms with van der Waals surface area (Å²) in [6.45, 7) is 21.5. The average molecular weight is 396 g/mol. The van der Waals surface area contributed by atoms with Gasteiger partial charge in [-0.3, -0.25) is 4.79 Å². The van der Waals surface area contributed by atoms with Crippen molar-refractivity contribution in [2.75, 3.05) is 45.8 Å². The highest BCUT2D eigenvalue weighted by Gasteiger charge is 2.30. The van der Waals surface area contributed by atoms with Crippen molar-refractivity contribution in [3.63, 3.8) is 0 Å². The molecule has 0 saturated carbocycles. The Morgan fingerprint density at radius 3 is 2.11 bits per heavy atom. The van der Waals surface area contributed by atoms with Crippen LogP contribution in [-0.4, -0.2) is 73.0 Å². The Kier molecular flexibility index (Phi) is 12.3. The minimum absolute atomic E-state index is 0.319. The number of hydrogen-bond acceptors (Lipinski definition) is 3. The predicted molar refractivity (Wildman–Crippen MR) is 122 cm³/mol. The average Bonchev–Trinajstić information content (AvgIpc) is 2.71. The molecule has 0 bridgehead atoms. The molecule has 0 N–H and O–H groups in total. The smallest absolute Gasteiger partial charge is 0.209 e. The molecular weight excluding hydrogens is 346 g/mol. The van der Waals surface area contributed by atoms with Gasteiger partial charge in [-0.25, -0.2) is 0 Å². The molecule has 2 aliphatic rings. The largest absolute Gasteiger partial charge is 0.343 e. The summed E-state index contributed by atoms with van der Waals surface area (Å²) in [7, 11) is 0. The van der Waals surface area contributed by atoms with Crippen LogP contribution in [0.25, 0.3) is 0 Å². The Labute approximate surface area is 176 Å². The molecule has 0 aromatic heterocycles. The molecule has 0 spiro atoms. The lowest BCUT2D eigenvalue weighted by Gasteiger charge is -2.41. The molecule has 0 aromatic rings. The van der Waals surface area contributed by atoms with Crippen LogP contribution in [0.5, 0.6) is 0 Å². The van der Waals surface area contributed by atoms with Crippen molar-refractivity contribution in [3.05, 3.63) is 0 Å². The van der Waals surface area contributed by atoms with Crippen molar-refractivity contribution in [3.8, 4) is 0 Å². The molecule has 4 heteroatoms. The van der Waals surface area contributed by atoms with Gasteiger partial charge in [0.2, 0.25) is 6.41 Å². The van der Waals surface area contributed by atoms with Gasteiger partial charge in [0.15, 0.2) is 0 Å². The van der Waals surface area contributed by atoms with Crippen LogP contribution in [-0.2, 0) is 4.79 Å². The standard InChI is InChI=1S/C22H43N3O.C2H6/c1-5-12-23-13-6-21(7-14-23)8-15-24-16-9-22(4,10-17-24)11-18-25(19-26)20(2)3;1-2/h19-21H,5-18H2,1-4H3;1-2H3. The van der Waals surface area contributed by atoms with E-state index in [2.05, 4.69) is 37.5 Å². The summed E-state index contributed by atoms with van der Waals surface area (Å²) >= 11 is 0. The summed E-state index contributed by atoms with van der Waals surface area (Å²) in [6.07, 6.45) is 10.2. The van der Waals surface area contributed by atoms with Crippen LogP contribution in [0.4, 0.5) is 0 Å². The molecule has 0 unspecified atom stereocenters. The molecule has 0 aromatic carbocycles. The third kappa shape index (κ3) is 8.82. The van der Waals surface area contributed by atoms with Crippen molar-refractivity contribution in [1.29, 1.82) is 0 Å². The number of carbonyl (C=O) groups excluding carboxylic acids is 1. The lowest BCUT2D eigenvalue weighted by molar-refractivity contribution is -0.120. The van der Waals surface area contributed by atoms with Gasteiger partial charge in [0.05, 0.1) is 0 Å². The van der Waals surface area contributed by atoms with Crippen molar-refractivity contribution in [1.82, 2.24) is 14.7 Å². The van der Waals surface area contributed by atoms with Crippen molar-refractivity contribution >= 4 is 6.41 Å². The van der Waals surface area contributed by atoms with E-state index in [4.69, 9.17) is 0 Å². The zero-order chi connectivity index (χ0) is 21.0. The summed E-state index contributed by atoms with van der Waals surface area (Å²) in [4.78, 5) is 18.5. The second-order valence-corrected chi connectivity index (χ2v) is 9.41. The fraction of sp³-hybridized carbons (Fsp3) is 0.958. The summed E-state index contributed by atoms with van der Waals surface area (Å²) in [5, 5.41) is 0. The molecule has 2 rings (SSSR count). The topological polar surface area (TPSA) is 26.8 Å². The second kappa shape index (κ2) is 13.6. The number of hydrogen-bond donors (Lipinski definition) is 0. The van der Waals surface area contributed by atoms with Gasteiger partial charge in [-0.1, -0.05) is 27.7 Å². The summed E-state index contributed by atoms with van der Waals surface area (Å²) in [6, 6.07) is 0.319. The summed E-state index contributed by atoms with van der Waals surface area (Å²) < 4.78 is 0. The van der Waals surface area contributed by atoms with Gasteiger partial charge in [-0.15, -0.1) is 0 Å². The molecule has 28 heavy (non-hydrogen) atoms. The molecule has 166 valence electrons. The summed E-state index contributed by atoms with van der Waals surface area (Å²) in [5.74, 6) is 0.948. The fourth-order valence-electron chi connectivity index (χ4n) is 4.58. The van der Waals surface area contributed by atoms with Gasteiger partial charge in [0.1, 0.15) is 0 Å². The van der Waals surface area contributed by atoms with E-state index in [-0.39, 0.29) is 0 Å². The van der Waals surface area contributed by atoms with E-state index < -0.39 is 0 Å². The summed E-state index contributed by atoms with van der Waals surface area (Å²) in [5.41, 5.74) is 0.415. The Bertz CT molecular complexity index is 397. The van der Waals surface area contributed by atoms with E-state index in [1.54, 1.807) is 0 Å². The number of piperidine rings is 2. The van der Waals surface area contributed by atoms with Crippen LogP contribution in [0.15, 0.2) is 0 Å². The van der Waals surface area contributed by atoms with Crippen molar-refractivity contribution in [2.45, 2.75) is 92.5 Å². The number of amides is 1. The number of nitrogens with zero attached hydrogens (tertiary/aromatic N) is 3. The van der Waals surface area contributed by atoms with E-state index in [0.717, 1.165) is 25.3 Å². The van der Waals surface area contributed by atoms with E-state index >= 15 is 0 Å². The fourth-order valence-corrected chi connectivity index (χ4v) is 4.58. The highest BCUT2D eigenvalue weighted by Crippen LogP contribution is 2.35. The molecule has 4 nitrogen and oxygen atoms in total. The van der Waals surface area contributed by atoms with Gasteiger partial charge in [-0.2, -0.15) is 0 Å². The first-order valence-electron chi connectivity index (χ1n) is 12.1. The van der Waals surface area contributed by atoms with Gasteiger partial charge in [0, 0.05) is 12.6 Å². The Hall–Kier alpha value is -0.610. The van der Waals surface area contributed by atoms with Gasteiger partial charge in [0.25, 0.3) is 0 Å². The quantitative estimate of drug-likeness (QED) is 0.493. The molecule has 2 aliphatic heterocycles. The first-order chi connectivity index (χ1) is 13.5. The van der Waals surface area contributed by atoms with Gasteiger partial charge < -0.3 is 14.7 Å². The second-order valence-electron chi connectivity index (χ2n) is 9.41. The van der Waals surface area contributed by atoms with E-state index in [1.807, 2.05) is 18.7 Å². The first-order valence-corrected chi connectivity index (χ1v) is 12.1. The third-order valence-electron chi connectivity index (χ3n) is 6.94. The molecule has 1 amide bonds. The Morgan fingerprint density at radius 2 is 1.61 bits per heavy atom. The molecule has 0 atom stereocenters. The normalized spacial score (nSPS) is 21.2. The van der Waals surface area contributed by atoms with Crippen LogP contribution in [0, 0.1) is 11.3 Å². The van der Waals surface area contributed by atoms with Crippen LogP contribution >= 0.6 is 0 Å². The maximum atomic E-state index is 11.2. The molecule has 2 saturated heterocycles. The third-order valence-corrected chi connectivity index (χ3v) is 6.94. The van der Waals surface area contributed by atoms with Gasteiger partial charge in [-0.05, 0) is 109 Å². The van der Waals surface area contributed by atoms with E-state index in [1.165, 1.54) is 77.8 Å². The maximum Gasteiger partial charge on any atom is 0.209 e. The number of rotatable bonds is 10. The van der Waals surface area contributed by atoms with E-state index in [9.17, 15) is 4.79 Å².